The summed E-state index contributed by atoms with van der Waals surface area (Å²) in [4.78, 5) is 45.0. The zero-order chi connectivity index (χ0) is 16.7. The number of aliphatic hydroxyl groups is 1. The first-order chi connectivity index (χ1) is 10.1. The van der Waals surface area contributed by atoms with Crippen LogP contribution < -0.4 is 16.1 Å². The molecule has 1 aliphatic heterocycles. The number of rotatable bonds is 4. The van der Waals surface area contributed by atoms with Crippen LogP contribution >= 0.6 is 7.60 Å². The van der Waals surface area contributed by atoms with Gasteiger partial charge in [-0.25, -0.2) is 4.79 Å². The molecule has 0 saturated heterocycles. The molecule has 1 unspecified atom stereocenters. The predicted octanol–water partition coefficient (Wildman–Crippen LogP) is -0.285. The molecule has 0 saturated carbocycles. The molecule has 0 amide bonds. The lowest BCUT2D eigenvalue weighted by Crippen LogP contribution is -2.33. The summed E-state index contributed by atoms with van der Waals surface area (Å²) in [5.74, 6) is -0.953. The second-order valence-corrected chi connectivity index (χ2v) is 6.93. The molecule has 1 aromatic heterocycles. The first-order valence-corrected chi connectivity index (χ1v) is 8.28. The van der Waals surface area contributed by atoms with Gasteiger partial charge in [-0.05, 0) is 6.92 Å². The third kappa shape index (κ3) is 3.49. The number of allylic oxidation sites excluding steroid dienone is 1. The van der Waals surface area contributed by atoms with Crippen molar-refractivity contribution >= 4 is 7.60 Å². The Kier molecular flexibility index (Phi) is 4.32. The summed E-state index contributed by atoms with van der Waals surface area (Å²) in [6, 6.07) is 0. The fourth-order valence-corrected chi connectivity index (χ4v) is 3.16. The maximum absolute atomic E-state index is 11.8. The molecule has 1 aromatic rings. The first kappa shape index (κ1) is 16.5. The van der Waals surface area contributed by atoms with Crippen molar-refractivity contribution in [3.05, 3.63) is 44.1 Å². The van der Waals surface area contributed by atoms with E-state index in [1.165, 1.54) is 20.0 Å². The van der Waals surface area contributed by atoms with Crippen LogP contribution in [0, 0.1) is 12.8 Å². The fourth-order valence-electron chi connectivity index (χ4n) is 2.31. The number of nitrogens with one attached hydrogen (secondary N) is 1. The van der Waals surface area contributed by atoms with E-state index >= 15 is 0 Å². The molecule has 22 heavy (non-hydrogen) atoms. The van der Waals surface area contributed by atoms with Gasteiger partial charge in [-0.15, -0.1) is 0 Å². The van der Waals surface area contributed by atoms with Gasteiger partial charge >= 0.3 is 5.69 Å². The monoisotopic (exact) mass is 331 g/mol. The Morgan fingerprint density at radius 1 is 1.59 bits per heavy atom. The van der Waals surface area contributed by atoms with Crippen molar-refractivity contribution in [3.63, 3.8) is 0 Å². The van der Waals surface area contributed by atoms with E-state index in [1.807, 2.05) is 0 Å². The van der Waals surface area contributed by atoms with Crippen molar-refractivity contribution in [3.8, 4) is 0 Å². The molecule has 0 bridgehead atoms. The van der Waals surface area contributed by atoms with Crippen molar-refractivity contribution in [1.29, 1.82) is 0 Å². The van der Waals surface area contributed by atoms with Crippen molar-refractivity contribution in [2.45, 2.75) is 26.5 Å². The van der Waals surface area contributed by atoms with Crippen molar-refractivity contribution in [2.24, 2.45) is 5.92 Å². The van der Waals surface area contributed by atoms with Crippen LogP contribution in [0.25, 0.3) is 0 Å². The lowest BCUT2D eigenvalue weighted by Gasteiger charge is -2.22. The topological polar surface area (TPSA) is 145 Å². The van der Waals surface area contributed by atoms with Gasteiger partial charge in [-0.1, -0.05) is 6.92 Å². The molecular formula is C12H16N2O7P-. The van der Waals surface area contributed by atoms with Crippen LogP contribution in [0.5, 0.6) is 0 Å². The third-order valence-corrected chi connectivity index (χ3v) is 4.33. The molecule has 122 valence electrons. The molecule has 0 spiro atoms. The van der Waals surface area contributed by atoms with E-state index < -0.39 is 37.2 Å². The molecule has 1 aliphatic rings. The standard InChI is InChI=1S/C12H17N2O7P/c1-6-4-14(12(17)13-11(6)16)9-3-8(15)10(21-9)7(2)5-22(18,19)20/h4,7,9,15H,3,5H2,1-2H3,(H,13,16,17)(H2,18,19,20)/p-1/t7-,9+/m0/s1. The van der Waals surface area contributed by atoms with Gasteiger partial charge < -0.3 is 24.2 Å². The number of aliphatic hydroxyl groups excluding tert-OH is 1. The lowest BCUT2D eigenvalue weighted by atomic mass is 10.1. The van der Waals surface area contributed by atoms with Gasteiger partial charge in [0.25, 0.3) is 5.56 Å². The minimum atomic E-state index is -4.51. The van der Waals surface area contributed by atoms with Crippen LogP contribution in [0.15, 0.2) is 27.3 Å². The Bertz CT molecular complexity index is 772. The van der Waals surface area contributed by atoms with Gasteiger partial charge in [-0.3, -0.25) is 14.3 Å². The van der Waals surface area contributed by atoms with Crippen LogP contribution in [-0.2, 0) is 9.30 Å². The van der Waals surface area contributed by atoms with E-state index in [4.69, 9.17) is 9.63 Å². The zero-order valence-electron chi connectivity index (χ0n) is 12.0. The Balaban J connectivity index is 2.24. The summed E-state index contributed by atoms with van der Waals surface area (Å²) in [6.07, 6.45) is -0.208. The number of hydrogen-bond donors (Lipinski definition) is 3. The maximum atomic E-state index is 11.8. The Labute approximate surface area is 125 Å². The number of aromatic nitrogens is 2. The maximum Gasteiger partial charge on any atom is 0.331 e. The average molecular weight is 331 g/mol. The quantitative estimate of drug-likeness (QED) is 0.643. The van der Waals surface area contributed by atoms with Crippen LogP contribution in [0.3, 0.4) is 0 Å². The molecule has 3 atom stereocenters. The van der Waals surface area contributed by atoms with E-state index in [0.29, 0.717) is 5.56 Å². The highest BCUT2D eigenvalue weighted by Crippen LogP contribution is 2.40. The molecular weight excluding hydrogens is 315 g/mol. The highest BCUT2D eigenvalue weighted by molar-refractivity contribution is 7.50. The smallest absolute Gasteiger partial charge is 0.331 e. The summed E-state index contributed by atoms with van der Waals surface area (Å²) >= 11 is 0. The third-order valence-electron chi connectivity index (χ3n) is 3.32. The highest BCUT2D eigenvalue weighted by atomic mass is 31.2. The zero-order valence-corrected chi connectivity index (χ0v) is 12.9. The molecule has 0 aromatic carbocycles. The number of aromatic amines is 1. The fraction of sp³-hybridized carbons (Fsp3) is 0.500. The summed E-state index contributed by atoms with van der Waals surface area (Å²) in [5.41, 5.74) is -0.917. The Morgan fingerprint density at radius 2 is 2.23 bits per heavy atom. The predicted molar refractivity (Wildman–Crippen MR) is 74.3 cm³/mol. The van der Waals surface area contributed by atoms with E-state index in [9.17, 15) is 24.2 Å². The highest BCUT2D eigenvalue weighted by Gasteiger charge is 2.32. The van der Waals surface area contributed by atoms with E-state index in [0.717, 1.165) is 4.57 Å². The van der Waals surface area contributed by atoms with E-state index in [-0.39, 0.29) is 17.9 Å². The number of hydrogen-bond acceptors (Lipinski definition) is 6. The van der Waals surface area contributed by atoms with Crippen LogP contribution in [0.4, 0.5) is 0 Å². The largest absolute Gasteiger partial charge is 0.779 e. The van der Waals surface area contributed by atoms with Crippen molar-refractivity contribution in [2.75, 3.05) is 6.16 Å². The summed E-state index contributed by atoms with van der Waals surface area (Å²) in [5, 5.41) is 9.90. The molecule has 10 heteroatoms. The van der Waals surface area contributed by atoms with Crippen molar-refractivity contribution in [1.82, 2.24) is 9.55 Å². The molecule has 2 heterocycles. The number of ether oxygens (including phenoxy) is 1. The second-order valence-electron chi connectivity index (χ2n) is 5.29. The van der Waals surface area contributed by atoms with Gasteiger partial charge in [0, 0.05) is 23.8 Å². The van der Waals surface area contributed by atoms with E-state index in [2.05, 4.69) is 4.98 Å². The normalized spacial score (nSPS) is 22.3. The Morgan fingerprint density at radius 3 is 2.82 bits per heavy atom. The molecule has 0 radical (unpaired) electrons. The van der Waals surface area contributed by atoms with Gasteiger partial charge in [-0.2, -0.15) is 0 Å². The molecule has 3 N–H and O–H groups in total. The minimum absolute atomic E-state index is 0.00544. The van der Waals surface area contributed by atoms with E-state index in [1.54, 1.807) is 0 Å². The van der Waals surface area contributed by atoms with Crippen molar-refractivity contribution < 1.29 is 24.2 Å². The minimum Gasteiger partial charge on any atom is -0.779 e. The van der Waals surface area contributed by atoms with Crippen LogP contribution in [0.2, 0.25) is 0 Å². The molecule has 2 rings (SSSR count). The first-order valence-electron chi connectivity index (χ1n) is 6.52. The molecule has 0 aliphatic carbocycles. The summed E-state index contributed by atoms with van der Waals surface area (Å²) in [7, 11) is -4.51. The summed E-state index contributed by atoms with van der Waals surface area (Å²) in [6.45, 7) is 2.98. The SMILES string of the molecule is Cc1cn([C@H]2CC(O)=C([C@@H](C)CP(=O)([O-])O)O2)c(=O)[nH]c1=O. The van der Waals surface area contributed by atoms with Crippen LogP contribution in [-0.4, -0.2) is 25.7 Å². The molecule has 0 fully saturated rings. The number of nitrogens with zero attached hydrogens (tertiary/aromatic N) is 1. The number of aryl methyl sites for hydroxylation is 1. The Hall–Kier alpha value is -1.83. The average Bonchev–Trinajstić information content (AvgIpc) is 2.73. The molecule has 9 nitrogen and oxygen atoms in total. The van der Waals surface area contributed by atoms with Gasteiger partial charge in [0.1, 0.15) is 19.1 Å². The van der Waals surface area contributed by atoms with Gasteiger partial charge in [0.15, 0.2) is 6.23 Å². The van der Waals surface area contributed by atoms with Gasteiger partial charge in [0.05, 0.1) is 6.42 Å². The number of H-pyrrole nitrogens is 1. The van der Waals surface area contributed by atoms with Crippen LogP contribution in [0.1, 0.15) is 25.1 Å². The van der Waals surface area contributed by atoms with Gasteiger partial charge in [0.2, 0.25) is 0 Å². The summed E-state index contributed by atoms with van der Waals surface area (Å²) < 4.78 is 17.5. The lowest BCUT2D eigenvalue weighted by molar-refractivity contribution is -0.193. The second kappa shape index (κ2) is 5.75.